The number of hydrogen-bond acceptors (Lipinski definition) is 6. The Hall–Kier alpha value is -3.39. The van der Waals surface area contributed by atoms with Crippen LogP contribution in [0.2, 0.25) is 0 Å². The number of hydrogen-bond donors (Lipinski definition) is 3. The average molecular weight is 380 g/mol. The number of thiazole rings is 1. The zero-order chi connectivity index (χ0) is 19.4. The number of anilines is 1. The number of nitrogens with zero attached hydrogens (tertiary/aromatic N) is 3. The molecule has 0 spiro atoms. The lowest BCUT2D eigenvalue weighted by Gasteiger charge is -2.08. The van der Waals surface area contributed by atoms with E-state index in [1.54, 1.807) is 18.4 Å². The van der Waals surface area contributed by atoms with Crippen LogP contribution in [0.25, 0.3) is 15.9 Å². The second kappa shape index (κ2) is 7.88. The summed E-state index contributed by atoms with van der Waals surface area (Å²) in [6.07, 6.45) is 0. The second-order valence-corrected chi connectivity index (χ2v) is 6.77. The van der Waals surface area contributed by atoms with Gasteiger partial charge in [0.15, 0.2) is 5.13 Å². The molecule has 0 bridgehead atoms. The number of nitrogens with two attached hydrogens (primary N) is 2. The summed E-state index contributed by atoms with van der Waals surface area (Å²) in [6.45, 7) is 5.94. The van der Waals surface area contributed by atoms with E-state index in [9.17, 15) is 0 Å². The van der Waals surface area contributed by atoms with Crippen molar-refractivity contribution in [2.75, 3.05) is 12.4 Å². The fourth-order valence-electron chi connectivity index (χ4n) is 2.39. The minimum Gasteiger partial charge on any atom is -0.497 e. The predicted octanol–water partition coefficient (Wildman–Crippen LogP) is 3.39. The van der Waals surface area contributed by atoms with Crippen molar-refractivity contribution < 1.29 is 4.74 Å². The van der Waals surface area contributed by atoms with Gasteiger partial charge in [0.05, 0.1) is 23.0 Å². The first kappa shape index (κ1) is 18.4. The van der Waals surface area contributed by atoms with Gasteiger partial charge < -0.3 is 21.5 Å². The highest BCUT2D eigenvalue weighted by atomic mass is 32.1. The number of guanidine groups is 1. The Morgan fingerprint density at radius 1 is 1.11 bits per heavy atom. The lowest BCUT2D eigenvalue weighted by atomic mass is 10.1. The van der Waals surface area contributed by atoms with Crippen molar-refractivity contribution >= 4 is 44.1 Å². The van der Waals surface area contributed by atoms with E-state index in [2.05, 4.69) is 27.1 Å². The molecule has 138 valence electrons. The number of methoxy groups -OCH3 is 1. The van der Waals surface area contributed by atoms with Crippen molar-refractivity contribution in [2.24, 2.45) is 21.7 Å². The van der Waals surface area contributed by atoms with Crippen molar-refractivity contribution in [3.8, 4) is 5.75 Å². The summed E-state index contributed by atoms with van der Waals surface area (Å²) in [5.74, 6) is 0.738. The summed E-state index contributed by atoms with van der Waals surface area (Å²) in [4.78, 5) is 4.57. The number of fused-ring (bicyclic) bond motifs is 1. The summed E-state index contributed by atoms with van der Waals surface area (Å²) >= 11 is 1.55. The third-order valence-corrected chi connectivity index (χ3v) is 4.75. The topological polar surface area (TPSA) is 111 Å². The summed E-state index contributed by atoms with van der Waals surface area (Å²) in [5, 5.41) is 11.7. The van der Waals surface area contributed by atoms with E-state index >= 15 is 0 Å². The Morgan fingerprint density at radius 3 is 2.48 bits per heavy atom. The highest BCUT2D eigenvalue weighted by molar-refractivity contribution is 7.22. The molecule has 8 heteroatoms. The average Bonchev–Trinajstić information content (AvgIpc) is 3.07. The van der Waals surface area contributed by atoms with Gasteiger partial charge in [-0.3, -0.25) is 0 Å². The van der Waals surface area contributed by atoms with Crippen LogP contribution in [0.5, 0.6) is 5.75 Å². The van der Waals surface area contributed by atoms with E-state index in [0.29, 0.717) is 5.71 Å². The summed E-state index contributed by atoms with van der Waals surface area (Å²) in [6, 6.07) is 13.6. The molecule has 0 saturated carbocycles. The number of rotatable bonds is 6. The molecular weight excluding hydrogens is 360 g/mol. The molecule has 3 rings (SSSR count). The van der Waals surface area contributed by atoms with Gasteiger partial charge in [-0.15, -0.1) is 5.10 Å². The van der Waals surface area contributed by atoms with Crippen molar-refractivity contribution in [1.82, 2.24) is 4.98 Å². The van der Waals surface area contributed by atoms with E-state index in [1.165, 1.54) is 0 Å². The number of benzene rings is 2. The Morgan fingerprint density at radius 2 is 1.81 bits per heavy atom. The molecule has 0 amide bonds. The van der Waals surface area contributed by atoms with Gasteiger partial charge in [-0.25, -0.2) is 4.98 Å². The van der Waals surface area contributed by atoms with E-state index in [4.69, 9.17) is 16.2 Å². The first-order valence-electron chi connectivity index (χ1n) is 8.11. The van der Waals surface area contributed by atoms with Crippen LogP contribution in [0, 0.1) is 0 Å². The molecule has 3 aromatic rings. The third-order valence-electron chi connectivity index (χ3n) is 3.82. The summed E-state index contributed by atoms with van der Waals surface area (Å²) in [5.41, 5.74) is 14.8. The van der Waals surface area contributed by atoms with Gasteiger partial charge in [0.25, 0.3) is 0 Å². The predicted molar refractivity (Wildman–Crippen MR) is 113 cm³/mol. The van der Waals surface area contributed by atoms with Crippen molar-refractivity contribution in [2.45, 2.75) is 6.92 Å². The Bertz CT molecular complexity index is 1030. The molecule has 5 N–H and O–H groups in total. The van der Waals surface area contributed by atoms with Crippen LogP contribution >= 0.6 is 11.3 Å². The van der Waals surface area contributed by atoms with Crippen LogP contribution in [0.1, 0.15) is 18.1 Å². The van der Waals surface area contributed by atoms with Crippen LogP contribution in [-0.4, -0.2) is 23.8 Å². The fourth-order valence-corrected chi connectivity index (χ4v) is 3.31. The zero-order valence-electron chi connectivity index (χ0n) is 15.1. The van der Waals surface area contributed by atoms with E-state index in [0.717, 1.165) is 37.9 Å². The molecule has 27 heavy (non-hydrogen) atoms. The molecular formula is C19H20N6OS. The molecule has 1 heterocycles. The molecule has 0 aliphatic carbocycles. The van der Waals surface area contributed by atoms with Gasteiger partial charge in [-0.05, 0) is 36.2 Å². The van der Waals surface area contributed by atoms with Crippen LogP contribution < -0.4 is 21.5 Å². The van der Waals surface area contributed by atoms with Gasteiger partial charge in [0.1, 0.15) is 5.75 Å². The molecule has 7 nitrogen and oxygen atoms in total. The van der Waals surface area contributed by atoms with E-state index in [1.807, 2.05) is 49.4 Å². The van der Waals surface area contributed by atoms with Crippen LogP contribution in [0.15, 0.2) is 59.2 Å². The first-order valence-corrected chi connectivity index (χ1v) is 8.92. The van der Waals surface area contributed by atoms with Gasteiger partial charge in [-0.2, -0.15) is 5.10 Å². The number of nitrogens with one attached hydrogen (secondary N) is 1. The van der Waals surface area contributed by atoms with Crippen molar-refractivity contribution in [3.63, 3.8) is 0 Å². The Balaban J connectivity index is 1.74. The monoisotopic (exact) mass is 380 g/mol. The minimum absolute atomic E-state index is 0.0722. The molecule has 0 atom stereocenters. The van der Waals surface area contributed by atoms with Crippen LogP contribution in [0.3, 0.4) is 0 Å². The molecule has 1 aromatic heterocycles. The maximum atomic E-state index is 5.29. The maximum absolute atomic E-state index is 5.29. The lowest BCUT2D eigenvalue weighted by Crippen LogP contribution is -2.22. The molecule has 0 unspecified atom stereocenters. The number of ether oxygens (including phenoxy) is 1. The molecule has 0 fully saturated rings. The molecule has 0 saturated heterocycles. The fraction of sp³-hybridized carbons (Fsp3) is 0.105. The zero-order valence-corrected chi connectivity index (χ0v) is 15.9. The Labute approximate surface area is 161 Å². The minimum atomic E-state index is -0.0722. The van der Waals surface area contributed by atoms with Crippen molar-refractivity contribution in [1.29, 1.82) is 0 Å². The highest BCUT2D eigenvalue weighted by Gasteiger charge is 2.07. The highest BCUT2D eigenvalue weighted by Crippen LogP contribution is 2.30. The SMILES string of the molecule is C=C(Nc1nc2ccc(OC)cc2s1)c1ccc(/C(C)=N/N=C(N)N)cc1. The van der Waals surface area contributed by atoms with Gasteiger partial charge in [0.2, 0.25) is 5.96 Å². The van der Waals surface area contributed by atoms with Gasteiger partial charge in [0, 0.05) is 5.70 Å². The summed E-state index contributed by atoms with van der Waals surface area (Å²) < 4.78 is 6.30. The third kappa shape index (κ3) is 4.42. The standard InChI is InChI=1S/C19H20N6OS/c1-11(13-4-6-14(7-5-13)12(2)24-25-18(20)21)22-19-23-16-9-8-15(26-3)10-17(16)27-19/h4-10H,1H2,2-3H3,(H,22,23)(H4,20,21,25)/b24-12+. The normalized spacial score (nSPS) is 11.3. The van der Waals surface area contributed by atoms with E-state index in [-0.39, 0.29) is 5.96 Å². The van der Waals surface area contributed by atoms with Gasteiger partial charge in [-0.1, -0.05) is 42.2 Å². The molecule has 2 aromatic carbocycles. The van der Waals surface area contributed by atoms with Gasteiger partial charge >= 0.3 is 0 Å². The van der Waals surface area contributed by atoms with E-state index < -0.39 is 0 Å². The maximum Gasteiger partial charge on any atom is 0.211 e. The largest absolute Gasteiger partial charge is 0.497 e. The quantitative estimate of drug-likeness (QED) is 0.345. The molecule has 0 aliphatic rings. The molecule has 0 radical (unpaired) electrons. The van der Waals surface area contributed by atoms with Crippen molar-refractivity contribution in [3.05, 3.63) is 60.2 Å². The summed E-state index contributed by atoms with van der Waals surface area (Å²) in [7, 11) is 1.65. The lowest BCUT2D eigenvalue weighted by molar-refractivity contribution is 0.415. The number of aromatic nitrogens is 1. The Kier molecular flexibility index (Phi) is 5.37. The smallest absolute Gasteiger partial charge is 0.211 e. The molecule has 0 aliphatic heterocycles. The first-order chi connectivity index (χ1) is 13.0. The van der Waals surface area contributed by atoms with Crippen LogP contribution in [-0.2, 0) is 0 Å². The van der Waals surface area contributed by atoms with Crippen LogP contribution in [0.4, 0.5) is 5.13 Å². The second-order valence-electron chi connectivity index (χ2n) is 5.74.